The van der Waals surface area contributed by atoms with E-state index in [4.69, 9.17) is 10.5 Å². The molecule has 4 rings (SSSR count). The predicted molar refractivity (Wildman–Crippen MR) is 98.8 cm³/mol. The van der Waals surface area contributed by atoms with Gasteiger partial charge in [0.05, 0.1) is 7.11 Å². The van der Waals surface area contributed by atoms with Crippen LogP contribution in [0.1, 0.15) is 10.5 Å². The highest BCUT2D eigenvalue weighted by molar-refractivity contribution is 6.02. The maximum Gasteiger partial charge on any atom is 0.269 e. The first-order valence-electron chi connectivity index (χ1n) is 8.05. The normalized spacial score (nSPS) is 10.9. The third-order valence-electron chi connectivity index (χ3n) is 4.08. The Bertz CT molecular complexity index is 1150. The van der Waals surface area contributed by atoms with Crippen molar-refractivity contribution in [1.29, 1.82) is 0 Å². The van der Waals surface area contributed by atoms with Gasteiger partial charge >= 0.3 is 0 Å². The number of aromatic nitrogens is 4. The average Bonchev–Trinajstić information content (AvgIpc) is 3.11. The van der Waals surface area contributed by atoms with E-state index in [-0.39, 0.29) is 17.3 Å². The number of nitrogens with zero attached hydrogens (tertiary/aromatic N) is 4. The number of rotatable bonds is 4. The predicted octanol–water partition coefficient (Wildman–Crippen LogP) is 2.30. The van der Waals surface area contributed by atoms with Crippen LogP contribution in [0.3, 0.4) is 0 Å². The lowest BCUT2D eigenvalue weighted by molar-refractivity contribution is 0.0997. The fraction of sp³-hybridized carbons (Fsp3) is 0.0526. The van der Waals surface area contributed by atoms with Gasteiger partial charge in [0.15, 0.2) is 17.2 Å². The van der Waals surface area contributed by atoms with E-state index < -0.39 is 5.91 Å². The highest BCUT2D eigenvalue weighted by Gasteiger charge is 2.18. The molecule has 8 heteroatoms. The average molecular weight is 361 g/mol. The minimum absolute atomic E-state index is 0.0191. The summed E-state index contributed by atoms with van der Waals surface area (Å²) in [4.78, 5) is 25.0. The van der Waals surface area contributed by atoms with Gasteiger partial charge < -0.3 is 15.6 Å². The van der Waals surface area contributed by atoms with Gasteiger partial charge in [-0.25, -0.2) is 15.0 Å². The van der Waals surface area contributed by atoms with Crippen molar-refractivity contribution in [3.8, 4) is 28.6 Å². The van der Waals surface area contributed by atoms with Crippen LogP contribution in [0.2, 0.25) is 0 Å². The van der Waals surface area contributed by atoms with Crippen molar-refractivity contribution in [3.05, 3.63) is 60.6 Å². The second-order valence-corrected chi connectivity index (χ2v) is 5.80. The number of methoxy groups -OCH3 is 1. The van der Waals surface area contributed by atoms with Crippen LogP contribution in [0, 0.1) is 0 Å². The summed E-state index contributed by atoms with van der Waals surface area (Å²) in [6, 6.07) is 13.8. The third kappa shape index (κ3) is 2.93. The van der Waals surface area contributed by atoms with E-state index in [0.717, 1.165) is 11.4 Å². The second kappa shape index (κ2) is 6.41. The van der Waals surface area contributed by atoms with Crippen LogP contribution in [0.4, 0.5) is 0 Å². The molecule has 0 aliphatic heterocycles. The van der Waals surface area contributed by atoms with Crippen LogP contribution in [0.25, 0.3) is 28.2 Å². The quantitative estimate of drug-likeness (QED) is 0.576. The lowest BCUT2D eigenvalue weighted by Gasteiger charge is -2.08. The number of hydrogen-bond donors (Lipinski definition) is 2. The number of amides is 1. The molecule has 2 heterocycles. The molecule has 1 amide bonds. The Morgan fingerprint density at radius 2 is 1.93 bits per heavy atom. The van der Waals surface area contributed by atoms with Crippen LogP contribution in [-0.2, 0) is 0 Å². The number of primary amides is 1. The minimum Gasteiger partial charge on any atom is -0.508 e. The smallest absolute Gasteiger partial charge is 0.269 e. The maximum absolute atomic E-state index is 11.9. The standard InChI is InChI=1S/C19H15N5O3/c1-27-14-7-5-12(6-8-14)24-10-21-16-15(17(20)26)22-18(23-19(16)24)11-3-2-4-13(25)9-11/h2-10,25H,1H3,(H2,20,26). The van der Waals surface area contributed by atoms with Crippen molar-refractivity contribution >= 4 is 17.1 Å². The SMILES string of the molecule is COc1ccc(-n2cnc3c(C(N)=O)nc(-c4cccc(O)c4)nc32)cc1. The zero-order valence-electron chi connectivity index (χ0n) is 14.3. The van der Waals surface area contributed by atoms with E-state index in [1.807, 2.05) is 24.3 Å². The molecule has 3 N–H and O–H groups in total. The van der Waals surface area contributed by atoms with Gasteiger partial charge in [-0.15, -0.1) is 0 Å². The molecule has 0 atom stereocenters. The lowest BCUT2D eigenvalue weighted by atomic mass is 10.2. The van der Waals surface area contributed by atoms with Gasteiger partial charge in [0.25, 0.3) is 5.91 Å². The number of aromatic hydroxyl groups is 1. The van der Waals surface area contributed by atoms with Crippen molar-refractivity contribution in [2.75, 3.05) is 7.11 Å². The molecule has 2 aromatic heterocycles. The number of carbonyl (C=O) groups is 1. The topological polar surface area (TPSA) is 116 Å². The molecule has 4 aromatic rings. The van der Waals surface area contributed by atoms with Gasteiger partial charge in [-0.05, 0) is 36.4 Å². The Morgan fingerprint density at radius 1 is 1.15 bits per heavy atom. The van der Waals surface area contributed by atoms with Gasteiger partial charge in [-0.1, -0.05) is 12.1 Å². The summed E-state index contributed by atoms with van der Waals surface area (Å²) < 4.78 is 6.91. The largest absolute Gasteiger partial charge is 0.508 e. The molecule has 0 aliphatic carbocycles. The van der Waals surface area contributed by atoms with E-state index in [1.165, 1.54) is 6.07 Å². The molecule has 2 aromatic carbocycles. The fourth-order valence-corrected chi connectivity index (χ4v) is 2.78. The summed E-state index contributed by atoms with van der Waals surface area (Å²) in [6.45, 7) is 0. The Hall–Kier alpha value is -3.94. The molecule has 0 spiro atoms. The third-order valence-corrected chi connectivity index (χ3v) is 4.08. The van der Waals surface area contributed by atoms with Crippen LogP contribution < -0.4 is 10.5 Å². The summed E-state index contributed by atoms with van der Waals surface area (Å²) >= 11 is 0. The van der Waals surface area contributed by atoms with Gasteiger partial charge in [0.2, 0.25) is 0 Å². The Labute approximate surface area is 153 Å². The summed E-state index contributed by atoms with van der Waals surface area (Å²) in [6.07, 6.45) is 1.56. The van der Waals surface area contributed by atoms with Crippen molar-refractivity contribution < 1.29 is 14.6 Å². The van der Waals surface area contributed by atoms with Gasteiger partial charge in [0.1, 0.15) is 23.3 Å². The Balaban J connectivity index is 1.95. The first kappa shape index (κ1) is 16.5. The molecule has 0 aliphatic rings. The van der Waals surface area contributed by atoms with Gasteiger partial charge in [-0.2, -0.15) is 0 Å². The summed E-state index contributed by atoms with van der Waals surface area (Å²) in [5.41, 5.74) is 7.60. The monoisotopic (exact) mass is 361 g/mol. The lowest BCUT2D eigenvalue weighted by Crippen LogP contribution is -2.15. The van der Waals surface area contributed by atoms with E-state index in [0.29, 0.717) is 16.7 Å². The van der Waals surface area contributed by atoms with E-state index in [1.54, 1.807) is 36.2 Å². The molecule has 0 saturated heterocycles. The molecule has 0 bridgehead atoms. The first-order chi connectivity index (χ1) is 13.1. The van der Waals surface area contributed by atoms with E-state index in [9.17, 15) is 9.90 Å². The van der Waals surface area contributed by atoms with Crippen molar-refractivity contribution in [2.24, 2.45) is 5.73 Å². The second-order valence-electron chi connectivity index (χ2n) is 5.80. The zero-order chi connectivity index (χ0) is 19.0. The van der Waals surface area contributed by atoms with Crippen LogP contribution in [0.5, 0.6) is 11.5 Å². The minimum atomic E-state index is -0.705. The van der Waals surface area contributed by atoms with Crippen molar-refractivity contribution in [3.63, 3.8) is 0 Å². The van der Waals surface area contributed by atoms with Gasteiger partial charge in [0, 0.05) is 11.3 Å². The summed E-state index contributed by atoms with van der Waals surface area (Å²) in [5.74, 6) is 0.350. The molecule has 0 radical (unpaired) electrons. The Kier molecular flexibility index (Phi) is 3.92. The number of ether oxygens (including phenoxy) is 1. The fourth-order valence-electron chi connectivity index (χ4n) is 2.78. The van der Waals surface area contributed by atoms with Gasteiger partial charge in [-0.3, -0.25) is 9.36 Å². The number of carbonyl (C=O) groups excluding carboxylic acids is 1. The number of hydrogen-bond acceptors (Lipinski definition) is 6. The van der Waals surface area contributed by atoms with E-state index >= 15 is 0 Å². The number of fused-ring (bicyclic) bond motifs is 1. The van der Waals surface area contributed by atoms with Crippen LogP contribution in [-0.4, -0.2) is 37.6 Å². The summed E-state index contributed by atoms with van der Waals surface area (Å²) in [5, 5.41) is 9.73. The highest BCUT2D eigenvalue weighted by Crippen LogP contribution is 2.25. The van der Waals surface area contributed by atoms with Crippen molar-refractivity contribution in [1.82, 2.24) is 19.5 Å². The number of phenolic OH excluding ortho intramolecular Hbond substituents is 1. The molecule has 0 fully saturated rings. The van der Waals surface area contributed by atoms with E-state index in [2.05, 4.69) is 15.0 Å². The molecule has 134 valence electrons. The number of benzene rings is 2. The van der Waals surface area contributed by atoms with Crippen LogP contribution >= 0.6 is 0 Å². The summed E-state index contributed by atoms with van der Waals surface area (Å²) in [7, 11) is 1.59. The molecular formula is C19H15N5O3. The first-order valence-corrected chi connectivity index (χ1v) is 8.05. The Morgan fingerprint density at radius 3 is 2.59 bits per heavy atom. The van der Waals surface area contributed by atoms with Crippen LogP contribution in [0.15, 0.2) is 54.9 Å². The number of phenols is 1. The molecule has 0 saturated carbocycles. The number of imidazole rings is 1. The number of nitrogens with two attached hydrogens (primary N) is 1. The zero-order valence-corrected chi connectivity index (χ0v) is 14.3. The molecule has 8 nitrogen and oxygen atoms in total. The molecular weight excluding hydrogens is 346 g/mol. The molecule has 27 heavy (non-hydrogen) atoms. The molecule has 0 unspecified atom stereocenters. The maximum atomic E-state index is 11.9. The van der Waals surface area contributed by atoms with Crippen molar-refractivity contribution in [2.45, 2.75) is 0 Å². The highest BCUT2D eigenvalue weighted by atomic mass is 16.5.